The number of rotatable bonds is 3. The number of ketones is 1. The lowest BCUT2D eigenvalue weighted by Gasteiger charge is -2.45. The Bertz CT molecular complexity index is 1530. The summed E-state index contributed by atoms with van der Waals surface area (Å²) < 4.78 is 1.92. The minimum atomic E-state index is -0.527. The van der Waals surface area contributed by atoms with E-state index in [4.69, 9.17) is 16.7 Å². The molecular weight excluding hydrogens is 446 g/mol. The predicted molar refractivity (Wildman–Crippen MR) is 138 cm³/mol. The van der Waals surface area contributed by atoms with E-state index in [9.17, 15) is 4.79 Å². The first-order valence-corrected chi connectivity index (χ1v) is 12.2. The minimum absolute atomic E-state index is 0.0581. The van der Waals surface area contributed by atoms with E-state index < -0.39 is 5.41 Å². The number of carbonyl (C=O) groups excluding carboxylic acids is 1. The van der Waals surface area contributed by atoms with E-state index in [1.807, 2.05) is 66.3 Å². The average Bonchev–Trinajstić information content (AvgIpc) is 3.33. The zero-order chi connectivity index (χ0) is 24.9. The third-order valence-corrected chi connectivity index (χ3v) is 7.78. The molecule has 0 saturated heterocycles. The van der Waals surface area contributed by atoms with Crippen LogP contribution in [0.2, 0.25) is 0 Å². The van der Waals surface area contributed by atoms with Crippen LogP contribution in [0.25, 0.3) is 33.2 Å². The SMILES string of the molecule is [C-]#[N+]C1=C[C@@]2(C)c3c(c(-c4ccccn4)nn3-c3ccc(-c4ccccc4)cn3)CC[C@@H]2[C@@H](C)C1=O. The molecule has 0 saturated carbocycles. The lowest BCUT2D eigenvalue weighted by atomic mass is 9.58. The summed E-state index contributed by atoms with van der Waals surface area (Å²) >= 11 is 0. The number of hydrogen-bond donors (Lipinski definition) is 0. The molecule has 0 unspecified atom stereocenters. The number of hydrogen-bond acceptors (Lipinski definition) is 4. The normalized spacial score (nSPS) is 22.8. The molecule has 36 heavy (non-hydrogen) atoms. The number of aromatic nitrogens is 4. The maximum absolute atomic E-state index is 12.9. The minimum Gasteiger partial charge on any atom is -0.308 e. The zero-order valence-corrected chi connectivity index (χ0v) is 20.2. The molecule has 0 radical (unpaired) electrons. The summed E-state index contributed by atoms with van der Waals surface area (Å²) in [5.41, 5.74) is 5.58. The van der Waals surface area contributed by atoms with E-state index in [1.54, 1.807) is 6.20 Å². The molecule has 6 heteroatoms. The van der Waals surface area contributed by atoms with Crippen molar-refractivity contribution in [3.8, 4) is 28.3 Å². The van der Waals surface area contributed by atoms with Crippen LogP contribution in [0.3, 0.4) is 0 Å². The molecule has 2 aliphatic carbocycles. The smallest absolute Gasteiger partial charge is 0.226 e. The van der Waals surface area contributed by atoms with Crippen LogP contribution in [-0.2, 0) is 16.6 Å². The van der Waals surface area contributed by atoms with Gasteiger partial charge in [0.05, 0.1) is 18.0 Å². The Morgan fingerprint density at radius 2 is 1.83 bits per heavy atom. The van der Waals surface area contributed by atoms with Crippen molar-refractivity contribution in [1.82, 2.24) is 19.7 Å². The number of carbonyl (C=O) groups is 1. The van der Waals surface area contributed by atoms with Gasteiger partial charge in [-0.15, -0.1) is 0 Å². The van der Waals surface area contributed by atoms with E-state index in [0.29, 0.717) is 5.82 Å². The van der Waals surface area contributed by atoms with Crippen molar-refractivity contribution >= 4 is 5.78 Å². The number of nitrogens with zero attached hydrogens (tertiary/aromatic N) is 5. The van der Waals surface area contributed by atoms with E-state index in [1.165, 1.54) is 0 Å². The molecule has 0 bridgehead atoms. The highest BCUT2D eigenvalue weighted by molar-refractivity contribution is 6.00. The van der Waals surface area contributed by atoms with Gasteiger partial charge in [0.15, 0.2) is 11.6 Å². The fraction of sp³-hybridized carbons (Fsp3) is 0.233. The maximum atomic E-state index is 12.9. The van der Waals surface area contributed by atoms with Crippen molar-refractivity contribution in [3.63, 3.8) is 0 Å². The summed E-state index contributed by atoms with van der Waals surface area (Å²) in [5, 5.41) is 5.07. The molecule has 3 atom stereocenters. The van der Waals surface area contributed by atoms with Gasteiger partial charge in [0, 0.05) is 34.9 Å². The van der Waals surface area contributed by atoms with E-state index in [-0.39, 0.29) is 23.3 Å². The van der Waals surface area contributed by atoms with Gasteiger partial charge >= 0.3 is 0 Å². The molecular formula is C30H25N5O. The third kappa shape index (κ3) is 3.31. The highest BCUT2D eigenvalue weighted by Gasteiger charge is 2.50. The standard InChI is InChI=1S/C30H25N5O/c1-19-23-14-13-22-27(24-11-7-8-16-32-24)34-35(29(22)30(23,2)17-25(31-3)28(19)36)26-15-12-21(18-33-26)20-9-5-4-6-10-20/h4-12,15-19,23H,13-14H2,1-2H3/t19-,23-,30-/m1/s1. The average molecular weight is 472 g/mol. The van der Waals surface area contributed by atoms with Crippen LogP contribution >= 0.6 is 0 Å². The second-order valence-corrected chi connectivity index (χ2v) is 9.80. The van der Waals surface area contributed by atoms with E-state index >= 15 is 0 Å². The van der Waals surface area contributed by atoms with Crippen molar-refractivity contribution in [2.45, 2.75) is 32.1 Å². The molecule has 2 aliphatic rings. The van der Waals surface area contributed by atoms with E-state index in [2.05, 4.69) is 35.0 Å². The number of fused-ring (bicyclic) bond motifs is 3. The first-order chi connectivity index (χ1) is 17.5. The maximum Gasteiger partial charge on any atom is 0.226 e. The topological polar surface area (TPSA) is 65.0 Å². The predicted octanol–water partition coefficient (Wildman–Crippen LogP) is 5.84. The number of allylic oxidation sites excluding steroid dienone is 2. The van der Waals surface area contributed by atoms with Crippen LogP contribution in [0.4, 0.5) is 0 Å². The Hall–Kier alpha value is -4.37. The van der Waals surface area contributed by atoms with Crippen molar-refractivity contribution in [2.75, 3.05) is 0 Å². The second kappa shape index (κ2) is 8.39. The van der Waals surface area contributed by atoms with Crippen molar-refractivity contribution in [2.24, 2.45) is 11.8 Å². The quantitative estimate of drug-likeness (QED) is 0.352. The largest absolute Gasteiger partial charge is 0.308 e. The Morgan fingerprint density at radius 1 is 1.03 bits per heavy atom. The summed E-state index contributed by atoms with van der Waals surface area (Å²) in [5.74, 6) is 0.500. The van der Waals surface area contributed by atoms with Crippen LogP contribution in [0, 0.1) is 18.4 Å². The Labute approximate surface area is 210 Å². The highest BCUT2D eigenvalue weighted by Crippen LogP contribution is 2.52. The molecule has 0 amide bonds. The fourth-order valence-corrected chi connectivity index (χ4v) is 6.01. The summed E-state index contributed by atoms with van der Waals surface area (Å²) in [4.78, 5) is 25.9. The molecule has 6 rings (SSSR count). The van der Waals surface area contributed by atoms with Gasteiger partial charge in [0.1, 0.15) is 5.69 Å². The van der Waals surface area contributed by atoms with Crippen molar-refractivity contribution in [1.29, 1.82) is 0 Å². The second-order valence-electron chi connectivity index (χ2n) is 9.80. The van der Waals surface area contributed by atoms with Gasteiger partial charge in [-0.2, -0.15) is 5.10 Å². The molecule has 0 fully saturated rings. The zero-order valence-electron chi connectivity index (χ0n) is 20.2. The highest BCUT2D eigenvalue weighted by atomic mass is 16.1. The van der Waals surface area contributed by atoms with Crippen molar-refractivity contribution < 1.29 is 4.79 Å². The Balaban J connectivity index is 1.57. The van der Waals surface area contributed by atoms with Gasteiger partial charge in [-0.25, -0.2) is 14.5 Å². The Morgan fingerprint density at radius 3 is 2.53 bits per heavy atom. The lowest BCUT2D eigenvalue weighted by molar-refractivity contribution is -0.121. The summed E-state index contributed by atoms with van der Waals surface area (Å²) in [6.07, 6.45) is 7.17. The van der Waals surface area contributed by atoms with Gasteiger partial charge in [0.25, 0.3) is 0 Å². The van der Waals surface area contributed by atoms with Gasteiger partial charge in [-0.3, -0.25) is 4.98 Å². The summed E-state index contributed by atoms with van der Waals surface area (Å²) in [7, 11) is 0. The Kier molecular flexibility index (Phi) is 5.15. The molecule has 3 aromatic heterocycles. The number of Topliss-reactive ketones (excluding diaryl/α,β-unsaturated/α-hetero) is 1. The molecule has 0 aliphatic heterocycles. The lowest BCUT2D eigenvalue weighted by Crippen LogP contribution is -2.46. The third-order valence-electron chi connectivity index (χ3n) is 7.78. The first-order valence-electron chi connectivity index (χ1n) is 12.2. The molecule has 0 spiro atoms. The van der Waals surface area contributed by atoms with Gasteiger partial charge in [0.2, 0.25) is 5.70 Å². The molecule has 0 N–H and O–H groups in total. The first kappa shape index (κ1) is 22.1. The molecule has 1 aromatic carbocycles. The molecule has 6 nitrogen and oxygen atoms in total. The van der Waals surface area contributed by atoms with Crippen LogP contribution in [-0.4, -0.2) is 25.5 Å². The van der Waals surface area contributed by atoms with Crippen LogP contribution in [0.15, 0.2) is 84.8 Å². The van der Waals surface area contributed by atoms with Crippen LogP contribution in [0.1, 0.15) is 31.5 Å². The molecule has 3 heterocycles. The van der Waals surface area contributed by atoms with Crippen molar-refractivity contribution in [3.05, 3.63) is 108 Å². The number of benzene rings is 1. The van der Waals surface area contributed by atoms with Crippen LogP contribution < -0.4 is 0 Å². The molecule has 4 aromatic rings. The molecule has 176 valence electrons. The summed E-state index contributed by atoms with van der Waals surface area (Å²) in [6, 6.07) is 20.0. The fourth-order valence-electron chi connectivity index (χ4n) is 6.01. The number of pyridine rings is 2. The van der Waals surface area contributed by atoms with Gasteiger partial charge < -0.3 is 4.79 Å². The van der Waals surface area contributed by atoms with Crippen LogP contribution in [0.5, 0.6) is 0 Å². The van der Waals surface area contributed by atoms with Gasteiger partial charge in [-0.1, -0.05) is 56.3 Å². The summed E-state index contributed by atoms with van der Waals surface area (Å²) in [6.45, 7) is 11.7. The monoisotopic (exact) mass is 471 g/mol. The van der Waals surface area contributed by atoms with E-state index in [0.717, 1.165) is 46.6 Å². The van der Waals surface area contributed by atoms with Gasteiger partial charge in [-0.05, 0) is 48.6 Å².